The minimum atomic E-state index is -0.391. The summed E-state index contributed by atoms with van der Waals surface area (Å²) in [5.41, 5.74) is 8.85. The molecule has 0 radical (unpaired) electrons. The number of phenols is 1. The SMILES string of the molecule is CC[C@@H](N)CNc1ccnc(-c2cc(-c3ccc(F)cc3OCc3ccccc3)ccc2O)n1. The molecule has 1 aromatic heterocycles. The van der Waals surface area contributed by atoms with Gasteiger partial charge in [-0.2, -0.15) is 0 Å². The molecule has 0 saturated heterocycles. The van der Waals surface area contributed by atoms with Crippen LogP contribution in [0.4, 0.5) is 10.2 Å². The Kier molecular flexibility index (Phi) is 7.34. The number of hydrogen-bond donors (Lipinski definition) is 3. The second-order valence-electron chi connectivity index (χ2n) is 7.96. The number of nitrogens with one attached hydrogen (secondary N) is 1. The summed E-state index contributed by atoms with van der Waals surface area (Å²) in [4.78, 5) is 8.86. The molecule has 4 aromatic rings. The standard InChI is InChI=1S/C27H27FN4O2/c1-2-21(29)16-31-26-12-13-30-27(32-26)23-14-19(8-11-24(23)33)22-10-9-20(28)15-25(22)34-17-18-6-4-3-5-7-18/h3-15,21,33H,2,16-17,29H2,1H3,(H,30,31,32)/t21-/m1/s1. The molecule has 7 heteroatoms. The highest BCUT2D eigenvalue weighted by molar-refractivity contribution is 5.77. The molecule has 4 N–H and O–H groups in total. The minimum Gasteiger partial charge on any atom is -0.507 e. The first kappa shape index (κ1) is 23.2. The number of rotatable bonds is 9. The Bertz CT molecular complexity index is 1250. The lowest BCUT2D eigenvalue weighted by Gasteiger charge is -2.14. The summed E-state index contributed by atoms with van der Waals surface area (Å²) in [5.74, 6) is 1.04. The van der Waals surface area contributed by atoms with Crippen molar-refractivity contribution in [2.24, 2.45) is 5.73 Å². The van der Waals surface area contributed by atoms with Gasteiger partial charge < -0.3 is 20.9 Å². The van der Waals surface area contributed by atoms with Crippen LogP contribution in [0.5, 0.6) is 11.5 Å². The smallest absolute Gasteiger partial charge is 0.165 e. The summed E-state index contributed by atoms with van der Waals surface area (Å²) >= 11 is 0. The molecule has 0 saturated carbocycles. The van der Waals surface area contributed by atoms with Gasteiger partial charge in [0.15, 0.2) is 5.82 Å². The van der Waals surface area contributed by atoms with Gasteiger partial charge in [0.1, 0.15) is 29.7 Å². The lowest BCUT2D eigenvalue weighted by atomic mass is 10.0. The van der Waals surface area contributed by atoms with Crippen molar-refractivity contribution < 1.29 is 14.2 Å². The number of halogens is 1. The number of nitrogens with two attached hydrogens (primary N) is 1. The number of phenolic OH excluding ortho intramolecular Hbond substituents is 1. The van der Waals surface area contributed by atoms with Crippen molar-refractivity contribution in [3.63, 3.8) is 0 Å². The zero-order chi connectivity index (χ0) is 23.9. The van der Waals surface area contributed by atoms with Crippen LogP contribution in [-0.2, 0) is 6.61 Å². The van der Waals surface area contributed by atoms with E-state index in [1.165, 1.54) is 12.1 Å². The Morgan fingerprint density at radius 2 is 1.85 bits per heavy atom. The van der Waals surface area contributed by atoms with Crippen molar-refractivity contribution in [3.8, 4) is 34.0 Å². The fraction of sp³-hybridized carbons (Fsp3) is 0.185. The van der Waals surface area contributed by atoms with E-state index in [9.17, 15) is 9.50 Å². The van der Waals surface area contributed by atoms with E-state index in [1.807, 2.05) is 37.3 Å². The topological polar surface area (TPSA) is 93.3 Å². The Labute approximate surface area is 198 Å². The predicted molar refractivity (Wildman–Crippen MR) is 132 cm³/mol. The van der Waals surface area contributed by atoms with Crippen molar-refractivity contribution in [1.82, 2.24) is 9.97 Å². The summed E-state index contributed by atoms with van der Waals surface area (Å²) in [5, 5.41) is 13.7. The maximum Gasteiger partial charge on any atom is 0.165 e. The minimum absolute atomic E-state index is 0.0166. The van der Waals surface area contributed by atoms with Crippen LogP contribution in [0.15, 0.2) is 79.0 Å². The largest absolute Gasteiger partial charge is 0.507 e. The van der Waals surface area contributed by atoms with Crippen LogP contribution in [0.3, 0.4) is 0 Å². The molecular formula is C27H27FN4O2. The average Bonchev–Trinajstić information content (AvgIpc) is 2.87. The van der Waals surface area contributed by atoms with E-state index >= 15 is 0 Å². The van der Waals surface area contributed by atoms with E-state index in [4.69, 9.17) is 10.5 Å². The third-order valence-electron chi connectivity index (χ3n) is 5.45. The molecule has 0 bridgehead atoms. The Morgan fingerprint density at radius 3 is 2.65 bits per heavy atom. The number of ether oxygens (including phenoxy) is 1. The molecule has 0 amide bonds. The first-order valence-corrected chi connectivity index (χ1v) is 11.2. The zero-order valence-electron chi connectivity index (χ0n) is 18.9. The van der Waals surface area contributed by atoms with Gasteiger partial charge in [0.25, 0.3) is 0 Å². The van der Waals surface area contributed by atoms with Gasteiger partial charge in [0.2, 0.25) is 0 Å². The highest BCUT2D eigenvalue weighted by atomic mass is 19.1. The van der Waals surface area contributed by atoms with Crippen LogP contribution in [0, 0.1) is 5.82 Å². The Hall–Kier alpha value is -3.97. The molecular weight excluding hydrogens is 431 g/mol. The van der Waals surface area contributed by atoms with Gasteiger partial charge in [-0.1, -0.05) is 43.3 Å². The molecule has 174 valence electrons. The maximum atomic E-state index is 14.0. The Morgan fingerprint density at radius 1 is 1.03 bits per heavy atom. The van der Waals surface area contributed by atoms with E-state index in [0.717, 1.165) is 17.5 Å². The molecule has 0 aliphatic carbocycles. The molecule has 34 heavy (non-hydrogen) atoms. The van der Waals surface area contributed by atoms with Crippen LogP contribution in [0.1, 0.15) is 18.9 Å². The lowest BCUT2D eigenvalue weighted by molar-refractivity contribution is 0.306. The number of aromatic hydroxyl groups is 1. The van der Waals surface area contributed by atoms with Gasteiger partial charge in [-0.3, -0.25) is 0 Å². The second-order valence-corrected chi connectivity index (χ2v) is 7.96. The highest BCUT2D eigenvalue weighted by Gasteiger charge is 2.14. The third-order valence-corrected chi connectivity index (χ3v) is 5.45. The van der Waals surface area contributed by atoms with E-state index < -0.39 is 5.82 Å². The maximum absolute atomic E-state index is 14.0. The summed E-state index contributed by atoms with van der Waals surface area (Å²) in [7, 11) is 0. The van der Waals surface area contributed by atoms with Crippen LogP contribution in [0.2, 0.25) is 0 Å². The molecule has 1 atom stereocenters. The third kappa shape index (κ3) is 5.68. The van der Waals surface area contributed by atoms with E-state index in [0.29, 0.717) is 41.7 Å². The first-order valence-electron chi connectivity index (χ1n) is 11.2. The van der Waals surface area contributed by atoms with Gasteiger partial charge in [0, 0.05) is 30.4 Å². The molecule has 0 aliphatic rings. The predicted octanol–water partition coefficient (Wildman–Crippen LogP) is 5.38. The van der Waals surface area contributed by atoms with E-state index in [2.05, 4.69) is 15.3 Å². The normalized spacial score (nSPS) is 11.7. The number of aromatic nitrogens is 2. The fourth-order valence-corrected chi connectivity index (χ4v) is 3.44. The van der Waals surface area contributed by atoms with Crippen molar-refractivity contribution >= 4 is 5.82 Å². The van der Waals surface area contributed by atoms with Gasteiger partial charge in [-0.15, -0.1) is 0 Å². The lowest BCUT2D eigenvalue weighted by Crippen LogP contribution is -2.28. The van der Waals surface area contributed by atoms with Gasteiger partial charge >= 0.3 is 0 Å². The quantitative estimate of drug-likeness (QED) is 0.312. The molecule has 6 nitrogen and oxygen atoms in total. The highest BCUT2D eigenvalue weighted by Crippen LogP contribution is 2.36. The number of anilines is 1. The van der Waals surface area contributed by atoms with Crippen LogP contribution in [-0.4, -0.2) is 27.7 Å². The van der Waals surface area contributed by atoms with E-state index in [-0.39, 0.29) is 11.8 Å². The monoisotopic (exact) mass is 458 g/mol. The van der Waals surface area contributed by atoms with Crippen LogP contribution >= 0.6 is 0 Å². The second kappa shape index (κ2) is 10.8. The van der Waals surface area contributed by atoms with Crippen molar-refractivity contribution in [3.05, 3.63) is 90.4 Å². The molecule has 3 aromatic carbocycles. The first-order chi connectivity index (χ1) is 16.5. The summed E-state index contributed by atoms with van der Waals surface area (Å²) in [6, 6.07) is 21.0. The Balaban J connectivity index is 1.64. The average molecular weight is 459 g/mol. The number of nitrogens with zero attached hydrogens (tertiary/aromatic N) is 2. The number of hydrogen-bond acceptors (Lipinski definition) is 6. The molecule has 4 rings (SSSR count). The molecule has 0 fully saturated rings. The number of benzene rings is 3. The van der Waals surface area contributed by atoms with E-state index in [1.54, 1.807) is 36.5 Å². The molecule has 1 heterocycles. The van der Waals surface area contributed by atoms with Crippen LogP contribution in [0.25, 0.3) is 22.5 Å². The van der Waals surface area contributed by atoms with Crippen molar-refractivity contribution in [2.45, 2.75) is 26.0 Å². The van der Waals surface area contributed by atoms with Crippen molar-refractivity contribution in [2.75, 3.05) is 11.9 Å². The van der Waals surface area contributed by atoms with Gasteiger partial charge in [0.05, 0.1) is 5.56 Å². The zero-order valence-corrected chi connectivity index (χ0v) is 18.9. The molecule has 0 unspecified atom stereocenters. The fourth-order valence-electron chi connectivity index (χ4n) is 3.44. The molecule has 0 spiro atoms. The van der Waals surface area contributed by atoms with Crippen LogP contribution < -0.4 is 15.8 Å². The van der Waals surface area contributed by atoms with Gasteiger partial charge in [-0.25, -0.2) is 14.4 Å². The van der Waals surface area contributed by atoms with Crippen molar-refractivity contribution in [1.29, 1.82) is 0 Å². The summed E-state index contributed by atoms with van der Waals surface area (Å²) in [6.07, 6.45) is 2.47. The molecule has 0 aliphatic heterocycles. The summed E-state index contributed by atoms with van der Waals surface area (Å²) < 4.78 is 20.0. The summed E-state index contributed by atoms with van der Waals surface area (Å²) in [6.45, 7) is 2.91. The van der Waals surface area contributed by atoms with Gasteiger partial charge in [-0.05, 0) is 47.9 Å².